The van der Waals surface area contributed by atoms with Gasteiger partial charge in [0, 0.05) is 10.8 Å². The number of ether oxygens (including phenoxy) is 1. The highest BCUT2D eigenvalue weighted by Crippen LogP contribution is 2.75. The zero-order valence-corrected chi connectivity index (χ0v) is 14.2. The lowest BCUT2D eigenvalue weighted by atomic mass is 9.66. The quantitative estimate of drug-likeness (QED) is 0.911. The van der Waals surface area contributed by atoms with E-state index >= 15 is 0 Å². The number of nitrogens with zero attached hydrogens (tertiary/aromatic N) is 1. The molecule has 5 rings (SSSR count). The number of hydrogen-bond acceptors (Lipinski definition) is 4. The molecule has 2 heterocycles. The Bertz CT molecular complexity index is 800. The molecule has 120 valence electrons. The highest BCUT2D eigenvalue weighted by molar-refractivity contribution is 7.22. The van der Waals surface area contributed by atoms with Gasteiger partial charge in [0.05, 0.1) is 16.8 Å². The average molecular weight is 328 g/mol. The minimum Gasteiger partial charge on any atom is -0.364 e. The predicted octanol–water partition coefficient (Wildman–Crippen LogP) is 3.83. The van der Waals surface area contributed by atoms with Crippen molar-refractivity contribution in [2.24, 2.45) is 16.7 Å². The molecule has 4 bridgehead atoms. The smallest absolute Gasteiger partial charge is 0.259 e. The first-order valence-electron chi connectivity index (χ1n) is 8.30. The number of carbonyl (C=O) groups is 1. The summed E-state index contributed by atoms with van der Waals surface area (Å²) in [6.45, 7) is 5.27. The summed E-state index contributed by atoms with van der Waals surface area (Å²) in [5, 5.41) is 3.74. The SMILES string of the molecule is CC12COC3(C(=O)Nc4nc5ccccc5s4)CC1CCC32C. The molecule has 0 spiro atoms. The molecular formula is C18H20N2O2S. The van der Waals surface area contributed by atoms with E-state index in [1.165, 1.54) is 17.8 Å². The summed E-state index contributed by atoms with van der Waals surface area (Å²) in [6, 6.07) is 7.97. The van der Waals surface area contributed by atoms with Crippen molar-refractivity contribution in [1.29, 1.82) is 0 Å². The maximum atomic E-state index is 13.1. The average Bonchev–Trinajstić information content (AvgIpc) is 3.17. The number of rotatable bonds is 2. The zero-order valence-electron chi connectivity index (χ0n) is 13.4. The van der Waals surface area contributed by atoms with E-state index in [1.807, 2.05) is 24.3 Å². The maximum Gasteiger partial charge on any atom is 0.259 e. The van der Waals surface area contributed by atoms with Crippen molar-refractivity contribution in [2.75, 3.05) is 11.9 Å². The first kappa shape index (κ1) is 13.9. The standard InChI is InChI=1S/C18H20N2O2S/c1-16-10-22-18(9-11(16)7-8-17(16,18)2)14(21)20-15-19-12-5-3-4-6-13(12)23-15/h3-6,11H,7-10H2,1-2H3,(H,19,20,21). The number of hydrogen-bond donors (Lipinski definition) is 1. The van der Waals surface area contributed by atoms with Crippen molar-refractivity contribution < 1.29 is 9.53 Å². The van der Waals surface area contributed by atoms with Gasteiger partial charge in [-0.25, -0.2) is 4.98 Å². The number of nitrogens with one attached hydrogen (secondary N) is 1. The third-order valence-electron chi connectivity index (χ3n) is 7.08. The van der Waals surface area contributed by atoms with E-state index in [0.29, 0.717) is 17.7 Å². The summed E-state index contributed by atoms with van der Waals surface area (Å²) in [6.07, 6.45) is 3.17. The molecule has 3 fully saturated rings. The molecule has 1 amide bonds. The summed E-state index contributed by atoms with van der Waals surface area (Å²) < 4.78 is 7.25. The summed E-state index contributed by atoms with van der Waals surface area (Å²) in [5.74, 6) is 0.618. The highest BCUT2D eigenvalue weighted by Gasteiger charge is 2.78. The fourth-order valence-corrected chi connectivity index (χ4v) is 6.24. The van der Waals surface area contributed by atoms with Crippen LogP contribution >= 0.6 is 11.3 Å². The largest absolute Gasteiger partial charge is 0.364 e. The number of aromatic nitrogens is 1. The van der Waals surface area contributed by atoms with Crippen molar-refractivity contribution in [2.45, 2.75) is 38.7 Å². The number of anilines is 1. The van der Waals surface area contributed by atoms with Gasteiger partial charge < -0.3 is 4.74 Å². The molecule has 4 atom stereocenters. The Morgan fingerprint density at radius 3 is 2.96 bits per heavy atom. The maximum absolute atomic E-state index is 13.1. The van der Waals surface area contributed by atoms with Gasteiger partial charge in [0.2, 0.25) is 0 Å². The second kappa shape index (κ2) is 4.14. The van der Waals surface area contributed by atoms with Gasteiger partial charge in [-0.2, -0.15) is 0 Å². The van der Waals surface area contributed by atoms with Gasteiger partial charge in [-0.1, -0.05) is 37.3 Å². The summed E-state index contributed by atoms with van der Waals surface area (Å²) >= 11 is 1.53. The van der Waals surface area contributed by atoms with Crippen LogP contribution in [0.25, 0.3) is 10.2 Å². The molecule has 1 aromatic carbocycles. The lowest BCUT2D eigenvalue weighted by Crippen LogP contribution is -2.52. The molecule has 5 heteroatoms. The number of para-hydroxylation sites is 1. The van der Waals surface area contributed by atoms with Crippen molar-refractivity contribution in [3.05, 3.63) is 24.3 Å². The van der Waals surface area contributed by atoms with Crippen LogP contribution in [0, 0.1) is 16.7 Å². The predicted molar refractivity (Wildman–Crippen MR) is 90.5 cm³/mol. The van der Waals surface area contributed by atoms with E-state index < -0.39 is 5.60 Å². The lowest BCUT2D eigenvalue weighted by Gasteiger charge is -2.39. The Hall–Kier alpha value is -1.46. The van der Waals surface area contributed by atoms with E-state index in [1.54, 1.807) is 0 Å². The second-order valence-electron chi connectivity index (χ2n) is 7.75. The minimum atomic E-state index is -0.664. The Labute approximate surface area is 139 Å². The molecule has 4 nitrogen and oxygen atoms in total. The Morgan fingerprint density at radius 1 is 1.39 bits per heavy atom. The minimum absolute atomic E-state index is 0.00461. The molecule has 2 aliphatic carbocycles. The molecule has 3 aliphatic rings. The van der Waals surface area contributed by atoms with E-state index in [2.05, 4.69) is 24.1 Å². The van der Waals surface area contributed by atoms with Crippen LogP contribution in [0.2, 0.25) is 0 Å². The molecule has 23 heavy (non-hydrogen) atoms. The second-order valence-corrected chi connectivity index (χ2v) is 8.78. The van der Waals surface area contributed by atoms with Gasteiger partial charge in [-0.3, -0.25) is 10.1 Å². The highest BCUT2D eigenvalue weighted by atomic mass is 32.1. The van der Waals surface area contributed by atoms with E-state index in [9.17, 15) is 4.79 Å². The van der Waals surface area contributed by atoms with Crippen LogP contribution in [0.4, 0.5) is 5.13 Å². The van der Waals surface area contributed by atoms with E-state index in [-0.39, 0.29) is 16.7 Å². The summed E-state index contributed by atoms with van der Waals surface area (Å²) in [7, 11) is 0. The van der Waals surface area contributed by atoms with Gasteiger partial charge >= 0.3 is 0 Å². The van der Waals surface area contributed by atoms with Crippen LogP contribution < -0.4 is 5.32 Å². The number of amides is 1. The van der Waals surface area contributed by atoms with Gasteiger partial charge in [0.25, 0.3) is 5.91 Å². The van der Waals surface area contributed by atoms with Crippen LogP contribution in [0.5, 0.6) is 0 Å². The van der Waals surface area contributed by atoms with Gasteiger partial charge in [-0.05, 0) is 37.3 Å². The summed E-state index contributed by atoms with van der Waals surface area (Å²) in [4.78, 5) is 17.7. The van der Waals surface area contributed by atoms with Gasteiger partial charge in [-0.15, -0.1) is 0 Å². The third-order valence-corrected chi connectivity index (χ3v) is 8.03. The number of carbonyl (C=O) groups excluding carboxylic acids is 1. The molecule has 1 aliphatic heterocycles. The molecular weight excluding hydrogens is 308 g/mol. The van der Waals surface area contributed by atoms with Crippen molar-refractivity contribution in [3.63, 3.8) is 0 Å². The van der Waals surface area contributed by atoms with Crippen molar-refractivity contribution in [3.8, 4) is 0 Å². The molecule has 4 unspecified atom stereocenters. The first-order chi connectivity index (χ1) is 11.0. The monoisotopic (exact) mass is 328 g/mol. The lowest BCUT2D eigenvalue weighted by molar-refractivity contribution is -0.149. The zero-order chi connectivity index (χ0) is 15.9. The van der Waals surface area contributed by atoms with Crippen LogP contribution in [0.3, 0.4) is 0 Å². The van der Waals surface area contributed by atoms with Crippen LogP contribution in [0.1, 0.15) is 33.1 Å². The first-order valence-corrected chi connectivity index (χ1v) is 9.11. The number of fused-ring (bicyclic) bond motifs is 1. The molecule has 1 saturated heterocycles. The summed E-state index contributed by atoms with van der Waals surface area (Å²) in [5.41, 5.74) is 0.368. The number of benzene rings is 1. The van der Waals surface area contributed by atoms with Crippen molar-refractivity contribution in [1.82, 2.24) is 4.98 Å². The normalized spacial score (nSPS) is 40.9. The van der Waals surface area contributed by atoms with E-state index in [0.717, 1.165) is 23.1 Å². The molecule has 1 aromatic heterocycles. The van der Waals surface area contributed by atoms with Crippen LogP contribution in [-0.2, 0) is 9.53 Å². The Morgan fingerprint density at radius 2 is 2.22 bits per heavy atom. The van der Waals surface area contributed by atoms with Gasteiger partial charge in [0.1, 0.15) is 0 Å². The van der Waals surface area contributed by atoms with Crippen LogP contribution in [-0.4, -0.2) is 23.1 Å². The molecule has 2 saturated carbocycles. The third kappa shape index (κ3) is 1.46. The van der Waals surface area contributed by atoms with Crippen molar-refractivity contribution >= 4 is 32.6 Å². The fourth-order valence-electron chi connectivity index (χ4n) is 5.38. The topological polar surface area (TPSA) is 51.2 Å². The Kier molecular flexibility index (Phi) is 2.51. The van der Waals surface area contributed by atoms with Gasteiger partial charge in [0.15, 0.2) is 10.7 Å². The Balaban J connectivity index is 1.49. The number of thiazole rings is 1. The van der Waals surface area contributed by atoms with E-state index in [4.69, 9.17) is 4.74 Å². The molecule has 2 aromatic rings. The fraction of sp³-hybridized carbons (Fsp3) is 0.556. The molecule has 0 radical (unpaired) electrons. The van der Waals surface area contributed by atoms with Crippen LogP contribution in [0.15, 0.2) is 24.3 Å². The molecule has 1 N–H and O–H groups in total.